The standard InChI is InChI=1S/C21H22N6O5S/c1-16(17-2-4-18(5-3-17)25-9-8-22-15-25)23-24-20-7-6-19(27(28)29)14-21(20)33(30,31)26-10-12-32-13-11-26/h2-9,14-15,24H,10-13H2,1H3/b23-16+. The van der Waals surface area contributed by atoms with Crippen LogP contribution >= 0.6 is 0 Å². The first-order valence-electron chi connectivity index (χ1n) is 10.1. The highest BCUT2D eigenvalue weighted by Crippen LogP contribution is 2.29. The van der Waals surface area contributed by atoms with Crippen LogP contribution in [-0.2, 0) is 14.8 Å². The molecule has 3 aromatic rings. The molecule has 0 saturated carbocycles. The lowest BCUT2D eigenvalue weighted by molar-refractivity contribution is -0.385. The van der Waals surface area contributed by atoms with E-state index in [0.29, 0.717) is 5.71 Å². The number of non-ortho nitro benzene ring substituents is 1. The Hall–Kier alpha value is -3.61. The number of nitro groups is 1. The van der Waals surface area contributed by atoms with Gasteiger partial charge in [0.05, 0.1) is 35.9 Å². The van der Waals surface area contributed by atoms with Crippen molar-refractivity contribution in [1.82, 2.24) is 13.9 Å². The van der Waals surface area contributed by atoms with E-state index in [4.69, 9.17) is 4.74 Å². The molecule has 0 spiro atoms. The number of nitro benzene ring substituents is 1. The quantitative estimate of drug-likeness (QED) is 0.319. The zero-order valence-corrected chi connectivity index (χ0v) is 18.6. The summed E-state index contributed by atoms with van der Waals surface area (Å²) < 4.78 is 34.8. The lowest BCUT2D eigenvalue weighted by atomic mass is 10.1. The molecule has 1 aliphatic rings. The Balaban J connectivity index is 1.62. The van der Waals surface area contributed by atoms with Crippen LogP contribution in [0, 0.1) is 10.1 Å². The van der Waals surface area contributed by atoms with Gasteiger partial charge in [0.15, 0.2) is 0 Å². The number of hydrazone groups is 1. The van der Waals surface area contributed by atoms with Gasteiger partial charge in [0.1, 0.15) is 4.90 Å². The van der Waals surface area contributed by atoms with E-state index in [0.717, 1.165) is 17.3 Å². The van der Waals surface area contributed by atoms with Gasteiger partial charge in [-0.15, -0.1) is 0 Å². The Morgan fingerprint density at radius 1 is 1.18 bits per heavy atom. The molecule has 0 amide bonds. The minimum Gasteiger partial charge on any atom is -0.379 e. The van der Waals surface area contributed by atoms with Crippen molar-refractivity contribution in [1.29, 1.82) is 0 Å². The fraction of sp³-hybridized carbons (Fsp3) is 0.238. The summed E-state index contributed by atoms with van der Waals surface area (Å²) >= 11 is 0. The fourth-order valence-electron chi connectivity index (χ4n) is 3.35. The van der Waals surface area contributed by atoms with Gasteiger partial charge in [-0.05, 0) is 30.7 Å². The van der Waals surface area contributed by atoms with Gasteiger partial charge in [-0.2, -0.15) is 9.41 Å². The number of sulfonamides is 1. The van der Waals surface area contributed by atoms with Gasteiger partial charge in [-0.3, -0.25) is 15.5 Å². The molecule has 0 aliphatic carbocycles. The van der Waals surface area contributed by atoms with Crippen LogP contribution in [0.15, 0.2) is 71.2 Å². The number of ether oxygens (including phenoxy) is 1. The van der Waals surface area contributed by atoms with Crippen LogP contribution in [0.2, 0.25) is 0 Å². The Kier molecular flexibility index (Phi) is 6.49. The van der Waals surface area contributed by atoms with E-state index >= 15 is 0 Å². The van der Waals surface area contributed by atoms with Crippen molar-refractivity contribution in [3.63, 3.8) is 0 Å². The molecule has 0 unspecified atom stereocenters. The van der Waals surface area contributed by atoms with Crippen LogP contribution in [-0.4, -0.2) is 59.2 Å². The number of nitrogens with zero attached hydrogens (tertiary/aromatic N) is 5. The molecule has 1 fully saturated rings. The van der Waals surface area contributed by atoms with Gasteiger partial charge >= 0.3 is 0 Å². The third-order valence-electron chi connectivity index (χ3n) is 5.20. The van der Waals surface area contributed by atoms with Crippen molar-refractivity contribution in [2.24, 2.45) is 5.10 Å². The number of hydrogen-bond donors (Lipinski definition) is 1. The van der Waals surface area contributed by atoms with E-state index in [1.54, 1.807) is 19.4 Å². The minimum absolute atomic E-state index is 0.154. The average Bonchev–Trinajstić information content (AvgIpc) is 3.38. The predicted molar refractivity (Wildman–Crippen MR) is 122 cm³/mol. The van der Waals surface area contributed by atoms with Gasteiger partial charge in [-0.25, -0.2) is 13.4 Å². The third kappa shape index (κ3) is 4.92. The van der Waals surface area contributed by atoms with Gasteiger partial charge in [0, 0.05) is 43.3 Å². The van der Waals surface area contributed by atoms with E-state index in [9.17, 15) is 18.5 Å². The molecule has 2 aromatic carbocycles. The summed E-state index contributed by atoms with van der Waals surface area (Å²) in [6, 6.07) is 11.2. The SMILES string of the molecule is C/C(=N\Nc1ccc([N+](=O)[O-])cc1S(=O)(=O)N1CCOCC1)c1ccc(-n2ccnc2)cc1. The van der Waals surface area contributed by atoms with Crippen LogP contribution < -0.4 is 5.43 Å². The van der Waals surface area contributed by atoms with Crippen molar-refractivity contribution >= 4 is 27.1 Å². The van der Waals surface area contributed by atoms with Crippen LogP contribution in [0.4, 0.5) is 11.4 Å². The molecule has 11 nitrogen and oxygen atoms in total. The number of morpholine rings is 1. The number of hydrogen-bond acceptors (Lipinski definition) is 8. The van der Waals surface area contributed by atoms with Crippen LogP contribution in [0.3, 0.4) is 0 Å². The number of nitrogens with one attached hydrogen (secondary N) is 1. The van der Waals surface area contributed by atoms with Gasteiger partial charge in [0.25, 0.3) is 5.69 Å². The monoisotopic (exact) mass is 470 g/mol. The van der Waals surface area contributed by atoms with Crippen molar-refractivity contribution in [2.45, 2.75) is 11.8 Å². The molecule has 4 rings (SSSR count). The average molecular weight is 471 g/mol. The molecule has 1 aliphatic heterocycles. The molecule has 1 aromatic heterocycles. The molecular weight excluding hydrogens is 448 g/mol. The lowest BCUT2D eigenvalue weighted by Crippen LogP contribution is -2.40. The molecular formula is C21H22N6O5S. The Labute approximate surface area is 190 Å². The van der Waals surface area contributed by atoms with Gasteiger partial charge in [0.2, 0.25) is 10.0 Å². The van der Waals surface area contributed by atoms with Gasteiger partial charge < -0.3 is 9.30 Å². The molecule has 172 valence electrons. The van der Waals surface area contributed by atoms with E-state index in [-0.39, 0.29) is 42.6 Å². The molecule has 1 N–H and O–H groups in total. The maximum Gasteiger partial charge on any atom is 0.270 e. The van der Waals surface area contributed by atoms with Crippen LogP contribution in [0.5, 0.6) is 0 Å². The zero-order chi connectivity index (χ0) is 23.4. The van der Waals surface area contributed by atoms with E-state index in [1.807, 2.05) is 35.0 Å². The Morgan fingerprint density at radius 3 is 2.55 bits per heavy atom. The molecule has 33 heavy (non-hydrogen) atoms. The molecule has 0 atom stereocenters. The highest BCUT2D eigenvalue weighted by molar-refractivity contribution is 7.89. The summed E-state index contributed by atoms with van der Waals surface area (Å²) in [6.07, 6.45) is 5.22. The number of benzene rings is 2. The van der Waals surface area contributed by atoms with Crippen molar-refractivity contribution < 1.29 is 18.1 Å². The molecule has 12 heteroatoms. The first-order valence-corrected chi connectivity index (χ1v) is 11.6. The topological polar surface area (TPSA) is 132 Å². The summed E-state index contributed by atoms with van der Waals surface area (Å²) in [7, 11) is -3.98. The van der Waals surface area contributed by atoms with Crippen LogP contribution in [0.25, 0.3) is 5.69 Å². The molecule has 2 heterocycles. The maximum atomic E-state index is 13.2. The fourth-order valence-corrected chi connectivity index (χ4v) is 4.92. The van der Waals surface area contributed by atoms with E-state index < -0.39 is 14.9 Å². The van der Waals surface area contributed by atoms with E-state index in [2.05, 4.69) is 15.5 Å². The first-order chi connectivity index (χ1) is 15.9. The van der Waals surface area contributed by atoms with Crippen LogP contribution in [0.1, 0.15) is 12.5 Å². The van der Waals surface area contributed by atoms with Crippen molar-refractivity contribution in [3.05, 3.63) is 76.9 Å². The molecule has 0 bridgehead atoms. The minimum atomic E-state index is -3.98. The summed E-state index contributed by atoms with van der Waals surface area (Å²) in [5, 5.41) is 15.6. The van der Waals surface area contributed by atoms with Crippen molar-refractivity contribution in [3.8, 4) is 5.69 Å². The Morgan fingerprint density at radius 2 is 1.91 bits per heavy atom. The summed E-state index contributed by atoms with van der Waals surface area (Å²) in [5.74, 6) is 0. The number of imidazole rings is 1. The first kappa shape index (κ1) is 22.6. The zero-order valence-electron chi connectivity index (χ0n) is 17.8. The summed E-state index contributed by atoms with van der Waals surface area (Å²) in [6.45, 7) is 2.67. The number of aromatic nitrogens is 2. The second kappa shape index (κ2) is 9.48. The summed E-state index contributed by atoms with van der Waals surface area (Å²) in [4.78, 5) is 14.5. The highest BCUT2D eigenvalue weighted by Gasteiger charge is 2.30. The highest BCUT2D eigenvalue weighted by atomic mass is 32.2. The maximum absolute atomic E-state index is 13.2. The predicted octanol–water partition coefficient (Wildman–Crippen LogP) is 2.64. The second-order valence-electron chi connectivity index (χ2n) is 7.28. The normalized spacial score (nSPS) is 15.4. The Bertz CT molecular complexity index is 1270. The summed E-state index contributed by atoms with van der Waals surface area (Å²) in [5.41, 5.74) is 4.99. The molecule has 0 radical (unpaired) electrons. The lowest BCUT2D eigenvalue weighted by Gasteiger charge is -2.26. The second-order valence-corrected chi connectivity index (χ2v) is 9.19. The van der Waals surface area contributed by atoms with Crippen molar-refractivity contribution in [2.75, 3.05) is 31.7 Å². The van der Waals surface area contributed by atoms with E-state index in [1.165, 1.54) is 16.4 Å². The van der Waals surface area contributed by atoms with Gasteiger partial charge in [-0.1, -0.05) is 12.1 Å². The number of rotatable bonds is 7. The third-order valence-corrected chi connectivity index (χ3v) is 7.13. The molecule has 1 saturated heterocycles. The smallest absolute Gasteiger partial charge is 0.270 e. The number of anilines is 1. The largest absolute Gasteiger partial charge is 0.379 e.